The van der Waals surface area contributed by atoms with Gasteiger partial charge in [-0.25, -0.2) is 4.39 Å². The Morgan fingerprint density at radius 2 is 1.79 bits per heavy atom. The van der Waals surface area contributed by atoms with Gasteiger partial charge in [-0.2, -0.15) is 0 Å². The van der Waals surface area contributed by atoms with Crippen LogP contribution in [0.25, 0.3) is 0 Å². The first-order valence-electron chi connectivity index (χ1n) is 6.22. The fraction of sp³-hybridized carbons (Fsp3) is 0.250. The molecule has 1 nitrogen and oxygen atoms in total. The molecule has 0 aromatic heterocycles. The van der Waals surface area contributed by atoms with Crippen LogP contribution in [-0.2, 0) is 0 Å². The maximum Gasteiger partial charge on any atom is 0.123 e. The second kappa shape index (κ2) is 5.85. The molecule has 2 aromatic rings. The summed E-state index contributed by atoms with van der Waals surface area (Å²) in [4.78, 5) is 0. The van der Waals surface area contributed by atoms with E-state index in [4.69, 9.17) is 0 Å². The van der Waals surface area contributed by atoms with Gasteiger partial charge in [-0.15, -0.1) is 0 Å². The quantitative estimate of drug-likeness (QED) is 0.876. The first-order chi connectivity index (χ1) is 9.02. The molecule has 0 bridgehead atoms. The number of halogens is 2. The molecule has 19 heavy (non-hydrogen) atoms. The maximum absolute atomic E-state index is 13.2. The van der Waals surface area contributed by atoms with Gasteiger partial charge in [-0.05, 0) is 61.3 Å². The first-order valence-corrected chi connectivity index (χ1v) is 7.01. The Hall–Kier alpha value is -1.19. The number of hydrogen-bond acceptors (Lipinski definition) is 1. The predicted molar refractivity (Wildman–Crippen MR) is 80.9 cm³/mol. The predicted octanol–water partition coefficient (Wildman–Crippen LogP) is 4.51. The number of hydrogen-bond donors (Lipinski definition) is 1. The normalized spacial score (nSPS) is 12.5. The van der Waals surface area contributed by atoms with Crippen LogP contribution >= 0.6 is 15.9 Å². The van der Waals surface area contributed by atoms with Crippen LogP contribution in [0.5, 0.6) is 0 Å². The van der Waals surface area contributed by atoms with Crippen LogP contribution in [0.1, 0.15) is 28.3 Å². The zero-order chi connectivity index (χ0) is 14.0. The monoisotopic (exact) mass is 321 g/mol. The molecule has 0 aliphatic heterocycles. The van der Waals surface area contributed by atoms with E-state index in [1.54, 1.807) is 6.07 Å². The molecular weight excluding hydrogens is 305 g/mol. The highest BCUT2D eigenvalue weighted by Gasteiger charge is 2.15. The maximum atomic E-state index is 13.2. The molecule has 0 radical (unpaired) electrons. The van der Waals surface area contributed by atoms with Crippen LogP contribution in [0.4, 0.5) is 4.39 Å². The van der Waals surface area contributed by atoms with Crippen molar-refractivity contribution < 1.29 is 4.39 Å². The van der Waals surface area contributed by atoms with Gasteiger partial charge in [0.25, 0.3) is 0 Å². The molecule has 0 saturated carbocycles. The van der Waals surface area contributed by atoms with Crippen LogP contribution in [0, 0.1) is 19.7 Å². The topological polar surface area (TPSA) is 12.0 Å². The first kappa shape index (κ1) is 14.2. The molecule has 2 aromatic carbocycles. The number of benzene rings is 2. The van der Waals surface area contributed by atoms with Crippen LogP contribution in [-0.4, -0.2) is 7.05 Å². The molecule has 0 aliphatic rings. The van der Waals surface area contributed by atoms with Gasteiger partial charge in [0.15, 0.2) is 0 Å². The van der Waals surface area contributed by atoms with Gasteiger partial charge in [0.1, 0.15) is 5.82 Å². The second-order valence-electron chi connectivity index (χ2n) is 4.73. The van der Waals surface area contributed by atoms with Gasteiger partial charge >= 0.3 is 0 Å². The van der Waals surface area contributed by atoms with E-state index in [-0.39, 0.29) is 11.9 Å². The fourth-order valence-electron chi connectivity index (χ4n) is 2.31. The molecule has 0 fully saturated rings. The molecular formula is C16H17BrFN. The molecule has 0 aliphatic carbocycles. The number of aryl methyl sites for hydroxylation is 2. The summed E-state index contributed by atoms with van der Waals surface area (Å²) in [5.74, 6) is -0.192. The van der Waals surface area contributed by atoms with E-state index < -0.39 is 0 Å². The number of nitrogens with one attached hydrogen (secondary N) is 1. The minimum Gasteiger partial charge on any atom is -0.309 e. The van der Waals surface area contributed by atoms with E-state index >= 15 is 0 Å². The molecule has 3 heteroatoms. The van der Waals surface area contributed by atoms with E-state index in [1.807, 2.05) is 26.1 Å². The summed E-state index contributed by atoms with van der Waals surface area (Å²) >= 11 is 3.51. The van der Waals surface area contributed by atoms with Crippen molar-refractivity contribution in [2.45, 2.75) is 19.9 Å². The Morgan fingerprint density at radius 1 is 1.05 bits per heavy atom. The average molecular weight is 322 g/mol. The Kier molecular flexibility index (Phi) is 4.38. The number of rotatable bonds is 3. The van der Waals surface area contributed by atoms with Crippen LogP contribution < -0.4 is 5.32 Å². The van der Waals surface area contributed by atoms with Crippen molar-refractivity contribution in [2.24, 2.45) is 0 Å². The Morgan fingerprint density at radius 3 is 2.37 bits per heavy atom. The van der Waals surface area contributed by atoms with Gasteiger partial charge in [0.05, 0.1) is 6.04 Å². The Balaban J connectivity index is 2.46. The van der Waals surface area contributed by atoms with Crippen molar-refractivity contribution in [3.63, 3.8) is 0 Å². The van der Waals surface area contributed by atoms with Crippen molar-refractivity contribution in [1.29, 1.82) is 0 Å². The van der Waals surface area contributed by atoms with E-state index in [1.165, 1.54) is 17.2 Å². The van der Waals surface area contributed by atoms with Crippen LogP contribution in [0.3, 0.4) is 0 Å². The second-order valence-corrected chi connectivity index (χ2v) is 5.59. The molecule has 0 spiro atoms. The van der Waals surface area contributed by atoms with Crippen LogP contribution in [0.2, 0.25) is 0 Å². The lowest BCUT2D eigenvalue weighted by Gasteiger charge is -2.20. The lowest BCUT2D eigenvalue weighted by atomic mass is 9.94. The van der Waals surface area contributed by atoms with Gasteiger partial charge in [0.2, 0.25) is 0 Å². The van der Waals surface area contributed by atoms with Crippen molar-refractivity contribution >= 4 is 15.9 Å². The van der Waals surface area contributed by atoms with E-state index in [2.05, 4.69) is 40.3 Å². The highest BCUT2D eigenvalue weighted by molar-refractivity contribution is 9.10. The zero-order valence-electron chi connectivity index (χ0n) is 11.3. The average Bonchev–Trinajstić information content (AvgIpc) is 2.37. The Labute approximate surface area is 122 Å². The largest absolute Gasteiger partial charge is 0.309 e. The highest BCUT2D eigenvalue weighted by atomic mass is 79.9. The standard InChI is InChI=1S/C16H17BrFN/c1-10-9-13(18)5-6-14(10)16(19-3)12-4-7-15(17)11(2)8-12/h4-9,16,19H,1-3H3. The summed E-state index contributed by atoms with van der Waals surface area (Å²) in [6, 6.07) is 11.3. The lowest BCUT2D eigenvalue weighted by Crippen LogP contribution is -2.18. The highest BCUT2D eigenvalue weighted by Crippen LogP contribution is 2.28. The molecule has 1 N–H and O–H groups in total. The molecule has 0 amide bonds. The van der Waals surface area contributed by atoms with Gasteiger partial charge in [0, 0.05) is 4.47 Å². The molecule has 100 valence electrons. The third kappa shape index (κ3) is 3.04. The minimum atomic E-state index is -0.192. The van der Waals surface area contributed by atoms with Crippen LogP contribution in [0.15, 0.2) is 40.9 Å². The van der Waals surface area contributed by atoms with E-state index in [0.717, 1.165) is 15.6 Å². The summed E-state index contributed by atoms with van der Waals surface area (Å²) in [7, 11) is 1.92. The molecule has 1 unspecified atom stereocenters. The smallest absolute Gasteiger partial charge is 0.123 e. The summed E-state index contributed by atoms with van der Waals surface area (Å²) in [5.41, 5.74) is 4.43. The third-order valence-electron chi connectivity index (χ3n) is 3.35. The van der Waals surface area contributed by atoms with E-state index in [0.29, 0.717) is 0 Å². The summed E-state index contributed by atoms with van der Waals surface area (Å²) < 4.78 is 14.3. The van der Waals surface area contributed by atoms with Crippen molar-refractivity contribution in [1.82, 2.24) is 5.32 Å². The minimum absolute atomic E-state index is 0.0763. The molecule has 2 rings (SSSR count). The third-order valence-corrected chi connectivity index (χ3v) is 4.24. The fourth-order valence-corrected chi connectivity index (χ4v) is 2.56. The lowest BCUT2D eigenvalue weighted by molar-refractivity contribution is 0.621. The van der Waals surface area contributed by atoms with E-state index in [9.17, 15) is 4.39 Å². The van der Waals surface area contributed by atoms with Crippen molar-refractivity contribution in [3.05, 3.63) is 68.9 Å². The molecule has 0 saturated heterocycles. The zero-order valence-corrected chi connectivity index (χ0v) is 12.9. The Bertz CT molecular complexity index is 595. The van der Waals surface area contributed by atoms with Gasteiger partial charge < -0.3 is 5.32 Å². The van der Waals surface area contributed by atoms with Crippen molar-refractivity contribution in [2.75, 3.05) is 7.05 Å². The SMILES string of the molecule is CNC(c1ccc(Br)c(C)c1)c1ccc(F)cc1C. The van der Waals surface area contributed by atoms with Gasteiger partial charge in [-0.3, -0.25) is 0 Å². The summed E-state index contributed by atoms with van der Waals surface area (Å²) in [5, 5.41) is 3.30. The molecule has 0 heterocycles. The summed E-state index contributed by atoms with van der Waals surface area (Å²) in [6.45, 7) is 4.01. The summed E-state index contributed by atoms with van der Waals surface area (Å²) in [6.07, 6.45) is 0. The van der Waals surface area contributed by atoms with Gasteiger partial charge in [-0.1, -0.05) is 34.1 Å². The van der Waals surface area contributed by atoms with Crippen molar-refractivity contribution in [3.8, 4) is 0 Å². The molecule has 1 atom stereocenters.